The Morgan fingerprint density at radius 1 is 1.39 bits per heavy atom. The van der Waals surface area contributed by atoms with Crippen LogP contribution in [0, 0.1) is 5.92 Å². The summed E-state index contributed by atoms with van der Waals surface area (Å²) in [6.07, 6.45) is 4.90. The monoisotopic (exact) mass is 245 g/mol. The maximum absolute atomic E-state index is 5.57. The van der Waals surface area contributed by atoms with E-state index in [1.54, 1.807) is 0 Å². The molecule has 1 atom stereocenters. The molecular formula is C16H23NO. The predicted octanol–water partition coefficient (Wildman–Crippen LogP) is 3.46. The first-order valence-corrected chi connectivity index (χ1v) is 7.28. The van der Waals surface area contributed by atoms with Crippen LogP contribution in [0.15, 0.2) is 18.2 Å². The van der Waals surface area contributed by atoms with Crippen molar-refractivity contribution >= 4 is 0 Å². The molecule has 2 heteroatoms. The van der Waals surface area contributed by atoms with Gasteiger partial charge in [-0.1, -0.05) is 26.0 Å². The molecule has 0 bridgehead atoms. The van der Waals surface area contributed by atoms with E-state index in [9.17, 15) is 0 Å². The number of nitrogens with one attached hydrogen (secondary N) is 1. The molecule has 0 saturated heterocycles. The maximum atomic E-state index is 5.57. The summed E-state index contributed by atoms with van der Waals surface area (Å²) in [6.45, 7) is 5.46. The third-order valence-corrected chi connectivity index (χ3v) is 4.33. The first-order valence-electron chi connectivity index (χ1n) is 7.28. The lowest BCUT2D eigenvalue weighted by Gasteiger charge is -2.36. The van der Waals surface area contributed by atoms with Crippen LogP contribution in [-0.4, -0.2) is 12.6 Å². The van der Waals surface area contributed by atoms with Crippen molar-refractivity contribution in [3.8, 4) is 5.75 Å². The van der Waals surface area contributed by atoms with Gasteiger partial charge in [0.05, 0.1) is 6.61 Å². The summed E-state index contributed by atoms with van der Waals surface area (Å²) >= 11 is 0. The van der Waals surface area contributed by atoms with Crippen LogP contribution in [0.4, 0.5) is 0 Å². The molecule has 3 rings (SSSR count). The molecule has 0 amide bonds. The van der Waals surface area contributed by atoms with E-state index in [1.807, 2.05) is 0 Å². The number of benzene rings is 1. The Bertz CT molecular complexity index is 423. The second-order valence-electron chi connectivity index (χ2n) is 5.87. The smallest absolute Gasteiger partial charge is 0.122 e. The second kappa shape index (κ2) is 4.93. The molecule has 1 aromatic rings. The van der Waals surface area contributed by atoms with Gasteiger partial charge in [0.15, 0.2) is 0 Å². The molecule has 0 radical (unpaired) electrons. The lowest BCUT2D eigenvalue weighted by molar-refractivity contribution is 0.220. The van der Waals surface area contributed by atoms with Crippen molar-refractivity contribution in [3.63, 3.8) is 0 Å². The highest BCUT2D eigenvalue weighted by atomic mass is 16.5. The molecule has 18 heavy (non-hydrogen) atoms. The maximum Gasteiger partial charge on any atom is 0.122 e. The Hall–Kier alpha value is -1.02. The second-order valence-corrected chi connectivity index (χ2v) is 5.87. The first-order chi connectivity index (χ1) is 8.76. The van der Waals surface area contributed by atoms with Crippen LogP contribution < -0.4 is 10.1 Å². The molecule has 1 aromatic carbocycles. The molecule has 2 aliphatic rings. The summed E-state index contributed by atoms with van der Waals surface area (Å²) in [5.74, 6) is 2.00. The molecule has 1 aliphatic heterocycles. The van der Waals surface area contributed by atoms with Crippen LogP contribution in [0.5, 0.6) is 5.75 Å². The average Bonchev–Trinajstić information content (AvgIpc) is 2.80. The van der Waals surface area contributed by atoms with E-state index in [1.165, 1.54) is 24.0 Å². The number of hydrogen-bond acceptors (Lipinski definition) is 2. The van der Waals surface area contributed by atoms with Crippen LogP contribution in [0.25, 0.3) is 0 Å². The number of hydrogen-bond donors (Lipinski definition) is 1. The molecule has 0 aromatic heterocycles. The van der Waals surface area contributed by atoms with E-state index >= 15 is 0 Å². The van der Waals surface area contributed by atoms with Crippen molar-refractivity contribution in [1.29, 1.82) is 0 Å². The van der Waals surface area contributed by atoms with Gasteiger partial charge in [-0.15, -0.1) is 0 Å². The Morgan fingerprint density at radius 2 is 2.22 bits per heavy atom. The van der Waals surface area contributed by atoms with Crippen molar-refractivity contribution in [2.45, 2.75) is 51.6 Å². The van der Waals surface area contributed by atoms with Crippen molar-refractivity contribution in [2.24, 2.45) is 5.92 Å². The lowest BCUT2D eigenvalue weighted by Crippen LogP contribution is -2.41. The van der Waals surface area contributed by atoms with Gasteiger partial charge in [-0.2, -0.15) is 0 Å². The quantitative estimate of drug-likeness (QED) is 0.877. The van der Waals surface area contributed by atoms with Crippen molar-refractivity contribution in [3.05, 3.63) is 29.3 Å². The van der Waals surface area contributed by atoms with E-state index in [4.69, 9.17) is 4.74 Å². The molecule has 1 heterocycles. The third-order valence-electron chi connectivity index (χ3n) is 4.33. The van der Waals surface area contributed by atoms with E-state index in [-0.39, 0.29) is 0 Å². The molecule has 1 N–H and O–H groups in total. The molecule has 1 fully saturated rings. The van der Waals surface area contributed by atoms with Crippen molar-refractivity contribution < 1.29 is 4.74 Å². The molecular weight excluding hydrogens is 222 g/mol. The molecule has 1 unspecified atom stereocenters. The molecule has 1 aliphatic carbocycles. The Kier molecular flexibility index (Phi) is 3.29. The largest absolute Gasteiger partial charge is 0.493 e. The first kappa shape index (κ1) is 12.0. The fraction of sp³-hybridized carbons (Fsp3) is 0.625. The fourth-order valence-electron chi connectivity index (χ4n) is 3.20. The van der Waals surface area contributed by atoms with Crippen molar-refractivity contribution in [1.82, 2.24) is 5.32 Å². The number of rotatable bonds is 4. The highest BCUT2D eigenvalue weighted by molar-refractivity contribution is 5.40. The van der Waals surface area contributed by atoms with Gasteiger partial charge in [0.2, 0.25) is 0 Å². The van der Waals surface area contributed by atoms with Gasteiger partial charge in [-0.3, -0.25) is 0 Å². The standard InChI is InChI=1S/C16H23NO/c1-3-15(17-14-8-11(2)9-14)12-4-5-16-13(10-12)6-7-18-16/h4-5,10-11,14-15,17H,3,6-9H2,1-2H3. The van der Waals surface area contributed by atoms with Gasteiger partial charge in [-0.25, -0.2) is 0 Å². The highest BCUT2D eigenvalue weighted by Gasteiger charge is 2.27. The van der Waals surface area contributed by atoms with E-state index in [2.05, 4.69) is 37.4 Å². The van der Waals surface area contributed by atoms with Crippen LogP contribution in [0.3, 0.4) is 0 Å². The van der Waals surface area contributed by atoms with E-state index in [0.717, 1.165) is 37.2 Å². The van der Waals surface area contributed by atoms with Gasteiger partial charge < -0.3 is 10.1 Å². The summed E-state index contributed by atoms with van der Waals surface area (Å²) in [5, 5.41) is 3.80. The minimum atomic E-state index is 0.508. The summed E-state index contributed by atoms with van der Waals surface area (Å²) in [5.41, 5.74) is 2.82. The predicted molar refractivity (Wildman–Crippen MR) is 74.0 cm³/mol. The van der Waals surface area contributed by atoms with Crippen LogP contribution in [0.2, 0.25) is 0 Å². The topological polar surface area (TPSA) is 21.3 Å². The summed E-state index contributed by atoms with van der Waals surface area (Å²) < 4.78 is 5.57. The number of fused-ring (bicyclic) bond motifs is 1. The minimum absolute atomic E-state index is 0.508. The Balaban J connectivity index is 1.71. The molecule has 98 valence electrons. The zero-order valence-corrected chi connectivity index (χ0v) is 11.4. The zero-order valence-electron chi connectivity index (χ0n) is 11.4. The van der Waals surface area contributed by atoms with E-state index in [0.29, 0.717) is 6.04 Å². The van der Waals surface area contributed by atoms with Gasteiger partial charge in [0, 0.05) is 18.5 Å². The molecule has 1 saturated carbocycles. The summed E-state index contributed by atoms with van der Waals surface area (Å²) in [4.78, 5) is 0. The number of ether oxygens (including phenoxy) is 1. The Morgan fingerprint density at radius 3 is 2.94 bits per heavy atom. The zero-order chi connectivity index (χ0) is 12.5. The summed E-state index contributed by atoms with van der Waals surface area (Å²) in [6, 6.07) is 7.95. The van der Waals surface area contributed by atoms with Gasteiger partial charge in [0.1, 0.15) is 5.75 Å². The molecule has 2 nitrogen and oxygen atoms in total. The van der Waals surface area contributed by atoms with Gasteiger partial charge >= 0.3 is 0 Å². The SMILES string of the molecule is CCC(NC1CC(C)C1)c1ccc2c(c1)CCO2. The normalized spacial score (nSPS) is 27.2. The lowest BCUT2D eigenvalue weighted by atomic mass is 9.81. The third kappa shape index (κ3) is 2.26. The van der Waals surface area contributed by atoms with Gasteiger partial charge in [0.25, 0.3) is 0 Å². The van der Waals surface area contributed by atoms with Crippen molar-refractivity contribution in [2.75, 3.05) is 6.61 Å². The molecule has 0 spiro atoms. The summed E-state index contributed by atoms with van der Waals surface area (Å²) in [7, 11) is 0. The average molecular weight is 245 g/mol. The van der Waals surface area contributed by atoms with Crippen LogP contribution >= 0.6 is 0 Å². The van der Waals surface area contributed by atoms with Gasteiger partial charge in [-0.05, 0) is 42.4 Å². The van der Waals surface area contributed by atoms with E-state index < -0.39 is 0 Å². The fourth-order valence-corrected chi connectivity index (χ4v) is 3.20. The van der Waals surface area contributed by atoms with Crippen LogP contribution in [0.1, 0.15) is 50.3 Å². The minimum Gasteiger partial charge on any atom is -0.493 e. The Labute approximate surface area is 110 Å². The van der Waals surface area contributed by atoms with Crippen LogP contribution in [-0.2, 0) is 6.42 Å². The highest BCUT2D eigenvalue weighted by Crippen LogP contribution is 2.32.